The number of nitrogens with one attached hydrogen (secondary N) is 1. The lowest BCUT2D eigenvalue weighted by molar-refractivity contribution is -0.144. The van der Waals surface area contributed by atoms with E-state index in [-0.39, 0.29) is 29.5 Å². The van der Waals surface area contributed by atoms with Gasteiger partial charge in [0.25, 0.3) is 0 Å². The molecule has 5 rings (SSSR count). The normalized spacial score (nSPS) is 19.3. The Bertz CT molecular complexity index is 1160. The van der Waals surface area contributed by atoms with Gasteiger partial charge in [0.2, 0.25) is 5.91 Å². The number of carbonyl (C=O) groups is 2. The van der Waals surface area contributed by atoms with Crippen LogP contribution in [0.4, 0.5) is 20.6 Å². The van der Waals surface area contributed by atoms with Crippen LogP contribution in [0.15, 0.2) is 78.9 Å². The average Bonchev–Trinajstić information content (AvgIpc) is 2.84. The Hall–Kier alpha value is -3.87. The molecule has 3 aromatic carbocycles. The number of benzene rings is 3. The maximum absolute atomic E-state index is 13.5. The van der Waals surface area contributed by atoms with Crippen molar-refractivity contribution in [2.75, 3.05) is 23.3 Å². The standard InChI is InChI=1S/C26H24FN3O3/c27-19-8-10-21(11-9-19)30-23(18-6-12-22(31)13-7-18)26(24(30)32)14-16-29(17-15-26)25(33)28-20-4-2-1-3-5-20/h1-13,23,31H,14-17H2,(H,28,33). The summed E-state index contributed by atoms with van der Waals surface area (Å²) < 4.78 is 13.5. The third kappa shape index (κ3) is 3.69. The molecule has 7 heteroatoms. The predicted octanol–water partition coefficient (Wildman–Crippen LogP) is 4.93. The summed E-state index contributed by atoms with van der Waals surface area (Å²) in [5.74, 6) is -0.227. The molecule has 3 amide bonds. The highest BCUT2D eigenvalue weighted by Crippen LogP contribution is 2.57. The van der Waals surface area contributed by atoms with Crippen molar-refractivity contribution in [3.63, 3.8) is 0 Å². The number of amides is 3. The monoisotopic (exact) mass is 445 g/mol. The molecule has 2 fully saturated rings. The van der Waals surface area contributed by atoms with Gasteiger partial charge in [0.1, 0.15) is 11.6 Å². The molecular formula is C26H24FN3O3. The maximum atomic E-state index is 13.5. The van der Waals surface area contributed by atoms with E-state index in [1.807, 2.05) is 42.5 Å². The molecule has 0 bridgehead atoms. The number of hydrogen-bond acceptors (Lipinski definition) is 3. The van der Waals surface area contributed by atoms with Crippen LogP contribution in [0.1, 0.15) is 24.4 Å². The number of β-lactam (4-membered cyclic amide) rings is 1. The van der Waals surface area contributed by atoms with Gasteiger partial charge in [0.05, 0.1) is 11.5 Å². The second-order valence-electron chi connectivity index (χ2n) is 8.59. The van der Waals surface area contributed by atoms with Crippen molar-refractivity contribution in [2.24, 2.45) is 5.41 Å². The first-order valence-electron chi connectivity index (χ1n) is 11.0. The number of carbonyl (C=O) groups excluding carboxylic acids is 2. The van der Waals surface area contributed by atoms with E-state index in [4.69, 9.17) is 0 Å². The Balaban J connectivity index is 1.38. The van der Waals surface area contributed by atoms with Crippen LogP contribution < -0.4 is 10.2 Å². The Morgan fingerprint density at radius 1 is 0.939 bits per heavy atom. The molecule has 1 atom stereocenters. The average molecular weight is 445 g/mol. The van der Waals surface area contributed by atoms with Crippen LogP contribution in [0.2, 0.25) is 0 Å². The van der Waals surface area contributed by atoms with E-state index < -0.39 is 5.41 Å². The number of nitrogens with zero attached hydrogens (tertiary/aromatic N) is 2. The first kappa shape index (κ1) is 21.0. The van der Waals surface area contributed by atoms with Gasteiger partial charge < -0.3 is 20.2 Å². The van der Waals surface area contributed by atoms with Crippen molar-refractivity contribution >= 4 is 23.3 Å². The van der Waals surface area contributed by atoms with Gasteiger partial charge in [0, 0.05) is 24.5 Å². The number of urea groups is 1. The third-order valence-corrected chi connectivity index (χ3v) is 6.71. The summed E-state index contributed by atoms with van der Waals surface area (Å²) in [6.07, 6.45) is 1.05. The van der Waals surface area contributed by atoms with Crippen molar-refractivity contribution in [1.82, 2.24) is 4.90 Å². The van der Waals surface area contributed by atoms with Gasteiger partial charge in [0.15, 0.2) is 0 Å². The van der Waals surface area contributed by atoms with E-state index in [1.54, 1.807) is 34.1 Å². The van der Waals surface area contributed by atoms with Gasteiger partial charge in [-0.1, -0.05) is 30.3 Å². The maximum Gasteiger partial charge on any atom is 0.321 e. The van der Waals surface area contributed by atoms with E-state index in [0.717, 1.165) is 11.3 Å². The van der Waals surface area contributed by atoms with Crippen LogP contribution in [0.3, 0.4) is 0 Å². The second kappa shape index (κ2) is 8.24. The smallest absolute Gasteiger partial charge is 0.321 e. The van der Waals surface area contributed by atoms with Crippen LogP contribution in [-0.2, 0) is 4.79 Å². The topological polar surface area (TPSA) is 72.9 Å². The number of para-hydroxylation sites is 1. The van der Waals surface area contributed by atoms with Gasteiger partial charge in [-0.3, -0.25) is 4.79 Å². The number of likely N-dealkylation sites (tertiary alicyclic amines) is 1. The Morgan fingerprint density at radius 2 is 1.58 bits per heavy atom. The molecule has 2 heterocycles. The third-order valence-electron chi connectivity index (χ3n) is 6.71. The van der Waals surface area contributed by atoms with E-state index in [2.05, 4.69) is 5.32 Å². The summed E-state index contributed by atoms with van der Waals surface area (Å²) in [4.78, 5) is 29.7. The molecule has 1 unspecified atom stereocenters. The van der Waals surface area contributed by atoms with Crippen LogP contribution in [0.5, 0.6) is 5.75 Å². The van der Waals surface area contributed by atoms with Crippen LogP contribution in [-0.4, -0.2) is 35.0 Å². The molecule has 0 radical (unpaired) electrons. The van der Waals surface area contributed by atoms with Gasteiger partial charge in [-0.15, -0.1) is 0 Å². The zero-order valence-electron chi connectivity index (χ0n) is 17.9. The highest BCUT2D eigenvalue weighted by atomic mass is 19.1. The minimum Gasteiger partial charge on any atom is -0.508 e. The predicted molar refractivity (Wildman–Crippen MR) is 123 cm³/mol. The SMILES string of the molecule is O=C(Nc1ccccc1)N1CCC2(CC1)C(=O)N(c1ccc(F)cc1)C2c1ccc(O)cc1. The van der Waals surface area contributed by atoms with Crippen LogP contribution in [0, 0.1) is 11.2 Å². The van der Waals surface area contributed by atoms with Crippen molar-refractivity contribution < 1.29 is 19.1 Å². The first-order valence-corrected chi connectivity index (χ1v) is 11.0. The number of hydrogen-bond donors (Lipinski definition) is 2. The molecular weight excluding hydrogens is 421 g/mol. The summed E-state index contributed by atoms with van der Waals surface area (Å²) in [6.45, 7) is 0.909. The highest BCUT2D eigenvalue weighted by molar-refractivity contribution is 6.06. The molecule has 2 aliphatic rings. The van der Waals surface area contributed by atoms with Crippen molar-refractivity contribution in [3.05, 3.63) is 90.2 Å². The Labute approximate surface area is 191 Å². The number of phenolic OH excluding ortho intramolecular Hbond substituents is 1. The molecule has 1 spiro atoms. The van der Waals surface area contributed by atoms with Crippen LogP contribution >= 0.6 is 0 Å². The van der Waals surface area contributed by atoms with E-state index in [1.165, 1.54) is 12.1 Å². The lowest BCUT2D eigenvalue weighted by atomic mass is 9.62. The van der Waals surface area contributed by atoms with Gasteiger partial charge in [-0.05, 0) is 66.9 Å². The van der Waals surface area contributed by atoms with Gasteiger partial charge in [-0.25, -0.2) is 9.18 Å². The molecule has 168 valence electrons. The van der Waals surface area contributed by atoms with Gasteiger partial charge in [-0.2, -0.15) is 0 Å². The van der Waals surface area contributed by atoms with Crippen molar-refractivity contribution in [1.29, 1.82) is 0 Å². The van der Waals surface area contributed by atoms with Crippen molar-refractivity contribution in [3.8, 4) is 5.75 Å². The molecule has 0 saturated carbocycles. The fraction of sp³-hybridized carbons (Fsp3) is 0.231. The first-order chi connectivity index (χ1) is 16.0. The lowest BCUT2D eigenvalue weighted by Crippen LogP contribution is -2.67. The number of phenols is 1. The zero-order chi connectivity index (χ0) is 23.0. The number of anilines is 2. The second-order valence-corrected chi connectivity index (χ2v) is 8.59. The quantitative estimate of drug-likeness (QED) is 0.562. The fourth-order valence-corrected chi connectivity index (χ4v) is 4.97. The highest BCUT2D eigenvalue weighted by Gasteiger charge is 2.62. The molecule has 3 aromatic rings. The number of piperidine rings is 1. The molecule has 2 N–H and O–H groups in total. The molecule has 2 saturated heterocycles. The molecule has 0 aromatic heterocycles. The summed E-state index contributed by atoms with van der Waals surface area (Å²) in [5, 5.41) is 12.6. The van der Waals surface area contributed by atoms with Gasteiger partial charge >= 0.3 is 6.03 Å². The molecule has 0 aliphatic carbocycles. The number of halogens is 1. The summed E-state index contributed by atoms with van der Waals surface area (Å²) in [5.41, 5.74) is 1.62. The number of aromatic hydroxyl groups is 1. The minimum atomic E-state index is -0.644. The molecule has 33 heavy (non-hydrogen) atoms. The van der Waals surface area contributed by atoms with E-state index in [0.29, 0.717) is 31.6 Å². The lowest BCUT2D eigenvalue weighted by Gasteiger charge is -2.59. The largest absolute Gasteiger partial charge is 0.508 e. The van der Waals surface area contributed by atoms with Crippen molar-refractivity contribution in [2.45, 2.75) is 18.9 Å². The van der Waals surface area contributed by atoms with E-state index >= 15 is 0 Å². The fourth-order valence-electron chi connectivity index (χ4n) is 4.97. The Morgan fingerprint density at radius 3 is 2.21 bits per heavy atom. The molecule has 2 aliphatic heterocycles. The summed E-state index contributed by atoms with van der Waals surface area (Å²) in [6, 6.07) is 21.6. The Kier molecular flexibility index (Phi) is 5.24. The minimum absolute atomic E-state index is 0.0182. The van der Waals surface area contributed by atoms with E-state index in [9.17, 15) is 19.1 Å². The summed E-state index contributed by atoms with van der Waals surface area (Å²) in [7, 11) is 0. The molecule has 6 nitrogen and oxygen atoms in total. The number of rotatable bonds is 3. The zero-order valence-corrected chi connectivity index (χ0v) is 17.9. The van der Waals surface area contributed by atoms with Crippen LogP contribution in [0.25, 0.3) is 0 Å². The summed E-state index contributed by atoms with van der Waals surface area (Å²) >= 11 is 0.